The first-order valence-corrected chi connectivity index (χ1v) is 7.07. The van der Waals surface area contributed by atoms with Gasteiger partial charge in [0.2, 0.25) is 5.95 Å². The van der Waals surface area contributed by atoms with Crippen molar-refractivity contribution in [1.29, 1.82) is 0 Å². The summed E-state index contributed by atoms with van der Waals surface area (Å²) in [6, 6.07) is 0. The van der Waals surface area contributed by atoms with Crippen molar-refractivity contribution >= 4 is 17.2 Å². The van der Waals surface area contributed by atoms with Crippen LogP contribution in [-0.2, 0) is 13.0 Å². The Morgan fingerprint density at radius 1 is 1.36 bits per heavy atom. The van der Waals surface area contributed by atoms with E-state index in [1.165, 1.54) is 4.57 Å². The molecule has 0 aromatic carbocycles. The van der Waals surface area contributed by atoms with Gasteiger partial charge in [0.15, 0.2) is 5.65 Å². The summed E-state index contributed by atoms with van der Waals surface area (Å²) in [6.07, 6.45) is 9.29. The number of aromatic nitrogens is 6. The molecular formula is C14H14N6O2. The number of H-pyrrole nitrogens is 1. The van der Waals surface area contributed by atoms with Gasteiger partial charge in [0.05, 0.1) is 30.7 Å². The van der Waals surface area contributed by atoms with Crippen molar-refractivity contribution in [2.45, 2.75) is 19.4 Å². The van der Waals surface area contributed by atoms with Crippen LogP contribution >= 0.6 is 0 Å². The third-order valence-electron chi connectivity index (χ3n) is 3.76. The summed E-state index contributed by atoms with van der Waals surface area (Å²) in [4.78, 5) is 27.7. The zero-order valence-corrected chi connectivity index (χ0v) is 11.7. The van der Waals surface area contributed by atoms with Gasteiger partial charge in [-0.3, -0.25) is 14.1 Å². The summed E-state index contributed by atoms with van der Waals surface area (Å²) < 4.78 is 3.23. The maximum absolute atomic E-state index is 11.9. The highest BCUT2D eigenvalue weighted by molar-refractivity contribution is 5.70. The van der Waals surface area contributed by atoms with Gasteiger partial charge in [0.25, 0.3) is 0 Å². The van der Waals surface area contributed by atoms with Crippen LogP contribution in [0.3, 0.4) is 0 Å². The Morgan fingerprint density at radius 3 is 3.14 bits per heavy atom. The molecule has 0 fully saturated rings. The molecule has 8 heteroatoms. The lowest BCUT2D eigenvalue weighted by Gasteiger charge is -2.08. The van der Waals surface area contributed by atoms with Gasteiger partial charge < -0.3 is 5.11 Å². The molecule has 0 saturated heterocycles. The smallest absolute Gasteiger partial charge is 0.327 e. The molecule has 0 radical (unpaired) electrons. The van der Waals surface area contributed by atoms with Crippen LogP contribution < -0.4 is 5.69 Å². The fourth-order valence-corrected chi connectivity index (χ4v) is 2.71. The normalized spacial score (nSPS) is 13.7. The molecule has 0 spiro atoms. The molecule has 0 unspecified atom stereocenters. The zero-order chi connectivity index (χ0) is 15.1. The number of hydrogen-bond donors (Lipinski definition) is 2. The molecule has 0 amide bonds. The van der Waals surface area contributed by atoms with Crippen molar-refractivity contribution in [3.05, 3.63) is 40.5 Å². The molecule has 0 saturated carbocycles. The molecule has 8 nitrogen and oxygen atoms in total. The number of fused-ring (bicyclic) bond motifs is 2. The van der Waals surface area contributed by atoms with E-state index in [0.717, 1.165) is 24.2 Å². The summed E-state index contributed by atoms with van der Waals surface area (Å²) in [7, 11) is 0. The molecule has 0 bridgehead atoms. The third-order valence-corrected chi connectivity index (χ3v) is 3.76. The zero-order valence-electron chi connectivity index (χ0n) is 11.7. The maximum atomic E-state index is 11.9. The molecule has 1 aliphatic carbocycles. The third kappa shape index (κ3) is 1.88. The van der Waals surface area contributed by atoms with Crippen molar-refractivity contribution < 1.29 is 5.11 Å². The summed E-state index contributed by atoms with van der Waals surface area (Å²) in [5.74, 6) is 0.463. The van der Waals surface area contributed by atoms with Crippen LogP contribution in [-0.4, -0.2) is 40.8 Å². The largest absolute Gasteiger partial charge is 0.395 e. The predicted molar refractivity (Wildman–Crippen MR) is 79.7 cm³/mol. The predicted octanol–water partition coefficient (Wildman–Crippen LogP) is 0.257. The Morgan fingerprint density at radius 2 is 2.27 bits per heavy atom. The highest BCUT2D eigenvalue weighted by atomic mass is 16.3. The molecule has 3 heterocycles. The van der Waals surface area contributed by atoms with E-state index >= 15 is 0 Å². The summed E-state index contributed by atoms with van der Waals surface area (Å²) in [6.45, 7) is 0.0964. The summed E-state index contributed by atoms with van der Waals surface area (Å²) in [5.41, 5.74) is 2.72. The molecular weight excluding hydrogens is 284 g/mol. The monoisotopic (exact) mass is 298 g/mol. The van der Waals surface area contributed by atoms with Crippen LogP contribution in [0, 0.1) is 0 Å². The van der Waals surface area contributed by atoms with Crippen LogP contribution in [0.2, 0.25) is 0 Å². The van der Waals surface area contributed by atoms with E-state index in [1.807, 2.05) is 10.6 Å². The van der Waals surface area contributed by atoms with E-state index in [1.54, 1.807) is 12.5 Å². The number of rotatable bonds is 3. The van der Waals surface area contributed by atoms with Crippen molar-refractivity contribution in [1.82, 2.24) is 29.1 Å². The quantitative estimate of drug-likeness (QED) is 0.722. The maximum Gasteiger partial charge on any atom is 0.327 e. The first-order chi connectivity index (χ1) is 10.8. The average Bonchev–Trinajstić information content (AvgIpc) is 3.09. The van der Waals surface area contributed by atoms with E-state index in [0.29, 0.717) is 17.1 Å². The molecule has 3 aromatic heterocycles. The molecule has 2 N–H and O–H groups in total. The SMILES string of the molecule is O=c1[nH]c2nc(-n3cnc4c3C=CCC4)ncc2n1CCO. The van der Waals surface area contributed by atoms with Gasteiger partial charge >= 0.3 is 5.69 Å². The lowest BCUT2D eigenvalue weighted by atomic mass is 10.1. The fourth-order valence-electron chi connectivity index (χ4n) is 2.71. The molecule has 3 aromatic rings. The number of nitrogens with one attached hydrogen (secondary N) is 1. The van der Waals surface area contributed by atoms with Gasteiger partial charge in [0, 0.05) is 0 Å². The van der Waals surface area contributed by atoms with Gasteiger partial charge in [-0.2, -0.15) is 4.98 Å². The number of imidazole rings is 2. The second-order valence-corrected chi connectivity index (χ2v) is 5.10. The molecule has 1 aliphatic rings. The van der Waals surface area contributed by atoms with E-state index in [-0.39, 0.29) is 18.8 Å². The minimum atomic E-state index is -0.303. The summed E-state index contributed by atoms with van der Waals surface area (Å²) in [5, 5.41) is 9.02. The Labute approximate surface area is 124 Å². The minimum absolute atomic E-state index is 0.117. The van der Waals surface area contributed by atoms with Crippen LogP contribution in [0.1, 0.15) is 17.8 Å². The second kappa shape index (κ2) is 4.92. The minimum Gasteiger partial charge on any atom is -0.395 e. The van der Waals surface area contributed by atoms with Gasteiger partial charge in [-0.05, 0) is 18.9 Å². The number of aliphatic hydroxyl groups is 1. The molecule has 22 heavy (non-hydrogen) atoms. The van der Waals surface area contributed by atoms with Crippen molar-refractivity contribution in [3.8, 4) is 5.95 Å². The lowest BCUT2D eigenvalue weighted by Crippen LogP contribution is -2.18. The Hall–Kier alpha value is -2.74. The number of aryl methyl sites for hydroxylation is 1. The lowest BCUT2D eigenvalue weighted by molar-refractivity contribution is 0.276. The van der Waals surface area contributed by atoms with Crippen molar-refractivity contribution in [2.75, 3.05) is 6.61 Å². The van der Waals surface area contributed by atoms with Crippen LogP contribution in [0.25, 0.3) is 23.2 Å². The van der Waals surface area contributed by atoms with Gasteiger partial charge in [-0.25, -0.2) is 14.8 Å². The van der Waals surface area contributed by atoms with Crippen LogP contribution in [0.5, 0.6) is 0 Å². The van der Waals surface area contributed by atoms with Crippen molar-refractivity contribution in [2.24, 2.45) is 0 Å². The number of aliphatic hydroxyl groups excluding tert-OH is 1. The van der Waals surface area contributed by atoms with Gasteiger partial charge in [-0.1, -0.05) is 6.08 Å². The van der Waals surface area contributed by atoms with Crippen LogP contribution in [0.4, 0.5) is 0 Å². The van der Waals surface area contributed by atoms with E-state index in [2.05, 4.69) is 26.0 Å². The first kappa shape index (κ1) is 13.0. The second-order valence-electron chi connectivity index (χ2n) is 5.10. The molecule has 0 aliphatic heterocycles. The number of hydrogen-bond acceptors (Lipinski definition) is 5. The standard InChI is InChI=1S/C14H14N6O2/c21-6-5-19-11-7-15-13(17-12(11)18-14(19)22)20-8-16-9-3-1-2-4-10(9)20/h2,4,7-8,21H,1,3,5-6H2,(H,15,17,18,22). The van der Waals surface area contributed by atoms with Gasteiger partial charge in [-0.15, -0.1) is 0 Å². The first-order valence-electron chi connectivity index (χ1n) is 7.07. The average molecular weight is 298 g/mol. The van der Waals surface area contributed by atoms with Gasteiger partial charge in [0.1, 0.15) is 11.8 Å². The molecule has 0 atom stereocenters. The Bertz CT molecular complexity index is 933. The highest BCUT2D eigenvalue weighted by Crippen LogP contribution is 2.20. The van der Waals surface area contributed by atoms with Crippen LogP contribution in [0.15, 0.2) is 23.4 Å². The summed E-state index contributed by atoms with van der Waals surface area (Å²) >= 11 is 0. The Kier molecular flexibility index (Phi) is 2.90. The van der Waals surface area contributed by atoms with E-state index in [9.17, 15) is 4.79 Å². The molecule has 112 valence electrons. The number of allylic oxidation sites excluding steroid dienone is 1. The fraction of sp³-hybridized carbons (Fsp3) is 0.286. The van der Waals surface area contributed by atoms with E-state index in [4.69, 9.17) is 5.11 Å². The topological polar surface area (TPSA) is 102 Å². The highest BCUT2D eigenvalue weighted by Gasteiger charge is 2.15. The number of aromatic amines is 1. The van der Waals surface area contributed by atoms with E-state index < -0.39 is 0 Å². The number of nitrogens with zero attached hydrogens (tertiary/aromatic N) is 5. The Balaban J connectivity index is 1.86. The van der Waals surface area contributed by atoms with Crippen molar-refractivity contribution in [3.63, 3.8) is 0 Å². The molecule has 4 rings (SSSR count).